The Kier molecular flexibility index (Phi) is 2.42. The summed E-state index contributed by atoms with van der Waals surface area (Å²) in [5, 5.41) is 4.04. The highest BCUT2D eigenvalue weighted by molar-refractivity contribution is 7.98. The van der Waals surface area contributed by atoms with Crippen LogP contribution in [0.2, 0.25) is 0 Å². The molecule has 22 heavy (non-hydrogen) atoms. The lowest BCUT2D eigenvalue weighted by atomic mass is 10.0. The summed E-state index contributed by atoms with van der Waals surface area (Å²) in [5.41, 5.74) is 6.72. The third-order valence-electron chi connectivity index (χ3n) is 4.54. The number of hydrogen-bond acceptors (Lipinski definition) is 1. The van der Waals surface area contributed by atoms with E-state index in [-0.39, 0.29) is 0 Å². The van der Waals surface area contributed by atoms with E-state index in [2.05, 4.69) is 77.5 Å². The molecule has 1 aliphatic carbocycles. The second-order valence-electron chi connectivity index (χ2n) is 5.65. The summed E-state index contributed by atoms with van der Waals surface area (Å²) < 4.78 is 2.30. The molecule has 2 aromatic heterocycles. The Hall–Kier alpha value is -2.32. The van der Waals surface area contributed by atoms with Gasteiger partial charge in [0.05, 0.1) is 5.56 Å². The van der Waals surface area contributed by atoms with Crippen LogP contribution >= 0.6 is 11.8 Å². The molecule has 0 unspecified atom stereocenters. The molecule has 0 radical (unpaired) electrons. The molecule has 0 N–H and O–H groups in total. The highest BCUT2D eigenvalue weighted by Gasteiger charge is 2.29. The molecular formula is C20H14NS+. The van der Waals surface area contributed by atoms with Crippen LogP contribution in [-0.2, 0) is 0 Å². The molecule has 0 amide bonds. The molecule has 5 rings (SSSR count). The van der Waals surface area contributed by atoms with Crippen molar-refractivity contribution in [3.8, 4) is 22.3 Å². The lowest BCUT2D eigenvalue weighted by molar-refractivity contribution is -0.554. The first-order valence-electron chi connectivity index (χ1n) is 7.42. The average Bonchev–Trinajstić information content (AvgIpc) is 2.89. The molecule has 0 saturated carbocycles. The summed E-state index contributed by atoms with van der Waals surface area (Å²) >= 11 is 1.82. The van der Waals surface area contributed by atoms with Crippen LogP contribution in [0.1, 0.15) is 0 Å². The fourth-order valence-corrected chi connectivity index (χ4v) is 4.45. The maximum absolute atomic E-state index is 2.32. The molecule has 2 heterocycles. The van der Waals surface area contributed by atoms with Crippen molar-refractivity contribution >= 4 is 28.1 Å². The van der Waals surface area contributed by atoms with Crippen LogP contribution < -0.4 is 4.40 Å². The van der Waals surface area contributed by atoms with Gasteiger partial charge in [0.25, 0.3) is 5.03 Å². The highest BCUT2D eigenvalue weighted by atomic mass is 32.2. The van der Waals surface area contributed by atoms with Gasteiger partial charge >= 0.3 is 0 Å². The third kappa shape index (κ3) is 1.43. The van der Waals surface area contributed by atoms with Crippen molar-refractivity contribution in [3.63, 3.8) is 0 Å². The van der Waals surface area contributed by atoms with Gasteiger partial charge in [-0.05, 0) is 34.2 Å². The van der Waals surface area contributed by atoms with Crippen molar-refractivity contribution in [2.24, 2.45) is 0 Å². The standard InChI is InChI=1S/C20H14NS/c1-22-20-19-16-10-5-7-13-6-4-9-15(18(13)16)17(19)12-14-8-2-3-11-21(14)20/h2-12H,1H3/q+1. The minimum Gasteiger partial charge on any atom is -0.154 e. The summed E-state index contributed by atoms with van der Waals surface area (Å²) in [5.74, 6) is 0. The number of rotatable bonds is 1. The Morgan fingerprint density at radius 1 is 0.818 bits per heavy atom. The second-order valence-corrected chi connectivity index (χ2v) is 6.44. The number of nitrogens with zero attached hydrogens (tertiary/aromatic N) is 1. The van der Waals surface area contributed by atoms with Crippen molar-refractivity contribution in [3.05, 3.63) is 66.9 Å². The zero-order chi connectivity index (χ0) is 14.7. The quantitative estimate of drug-likeness (QED) is 0.313. The summed E-state index contributed by atoms with van der Waals surface area (Å²) in [6.45, 7) is 0. The second kappa shape index (κ2) is 4.34. The molecule has 1 aliphatic rings. The van der Waals surface area contributed by atoms with Crippen LogP contribution in [0.3, 0.4) is 0 Å². The molecular weight excluding hydrogens is 286 g/mol. The predicted octanol–water partition coefficient (Wildman–Crippen LogP) is 4.95. The maximum atomic E-state index is 2.32. The molecule has 0 atom stereocenters. The van der Waals surface area contributed by atoms with Crippen LogP contribution in [0.4, 0.5) is 0 Å². The smallest absolute Gasteiger partial charge is 0.154 e. The number of thioether (sulfide) groups is 1. The summed E-state index contributed by atoms with van der Waals surface area (Å²) in [6, 6.07) is 22.0. The molecule has 0 fully saturated rings. The van der Waals surface area contributed by atoms with Crippen LogP contribution in [0, 0.1) is 0 Å². The van der Waals surface area contributed by atoms with Crippen molar-refractivity contribution in [1.82, 2.24) is 0 Å². The summed E-state index contributed by atoms with van der Waals surface area (Å²) in [4.78, 5) is 0. The van der Waals surface area contributed by atoms with Crippen molar-refractivity contribution in [1.29, 1.82) is 0 Å². The van der Waals surface area contributed by atoms with E-state index in [1.165, 1.54) is 43.6 Å². The molecule has 2 aromatic carbocycles. The van der Waals surface area contributed by atoms with Crippen molar-refractivity contribution in [2.75, 3.05) is 6.26 Å². The zero-order valence-electron chi connectivity index (χ0n) is 12.2. The monoisotopic (exact) mass is 300 g/mol. The van der Waals surface area contributed by atoms with Gasteiger partial charge in [-0.3, -0.25) is 0 Å². The van der Waals surface area contributed by atoms with Gasteiger partial charge in [-0.25, -0.2) is 0 Å². The summed E-state index contributed by atoms with van der Waals surface area (Å²) in [6.07, 6.45) is 4.32. The average molecular weight is 300 g/mol. The normalized spacial score (nSPS) is 12.0. The first kappa shape index (κ1) is 12.2. The van der Waals surface area contributed by atoms with E-state index in [0.29, 0.717) is 0 Å². The van der Waals surface area contributed by atoms with Gasteiger partial charge in [-0.1, -0.05) is 48.2 Å². The Bertz CT molecular complexity index is 1060. The number of benzene rings is 2. The van der Waals surface area contributed by atoms with Crippen LogP contribution in [0.5, 0.6) is 0 Å². The van der Waals surface area contributed by atoms with Crippen molar-refractivity contribution in [2.45, 2.75) is 5.03 Å². The predicted molar refractivity (Wildman–Crippen MR) is 93.3 cm³/mol. The highest BCUT2D eigenvalue weighted by Crippen LogP contribution is 2.49. The third-order valence-corrected chi connectivity index (χ3v) is 5.33. The minimum atomic E-state index is 1.25. The van der Waals surface area contributed by atoms with E-state index < -0.39 is 0 Å². The molecule has 0 saturated heterocycles. The van der Waals surface area contributed by atoms with E-state index in [9.17, 15) is 0 Å². The minimum absolute atomic E-state index is 1.25. The lowest BCUT2D eigenvalue weighted by Gasteiger charge is -2.05. The zero-order valence-corrected chi connectivity index (χ0v) is 13.0. The van der Waals surface area contributed by atoms with Gasteiger partial charge < -0.3 is 0 Å². The van der Waals surface area contributed by atoms with Gasteiger partial charge in [0.1, 0.15) is 0 Å². The van der Waals surface area contributed by atoms with E-state index in [0.717, 1.165) is 0 Å². The molecule has 4 aromatic rings. The van der Waals surface area contributed by atoms with Gasteiger partial charge in [0, 0.05) is 23.8 Å². The van der Waals surface area contributed by atoms with Gasteiger partial charge in [0.2, 0.25) is 5.52 Å². The Morgan fingerprint density at radius 2 is 1.64 bits per heavy atom. The Morgan fingerprint density at radius 3 is 2.45 bits per heavy atom. The van der Waals surface area contributed by atoms with Gasteiger partial charge in [0.15, 0.2) is 6.20 Å². The number of fused-ring (bicyclic) bond motifs is 4. The molecule has 2 heteroatoms. The molecule has 0 aliphatic heterocycles. The fraction of sp³-hybridized carbons (Fsp3) is 0.0500. The van der Waals surface area contributed by atoms with E-state index in [1.807, 2.05) is 11.8 Å². The molecule has 0 spiro atoms. The maximum Gasteiger partial charge on any atom is 0.254 e. The Balaban J connectivity index is 2.05. The van der Waals surface area contributed by atoms with Crippen LogP contribution in [-0.4, -0.2) is 6.26 Å². The van der Waals surface area contributed by atoms with Gasteiger partial charge in [-0.2, -0.15) is 4.40 Å². The SMILES string of the molecule is CSc1c2c(cc3cccc[n+]13)-c1cccc3cccc-2c13. The number of pyridine rings is 2. The molecule has 1 nitrogen and oxygen atoms in total. The molecule has 104 valence electrons. The fourth-order valence-electron chi connectivity index (χ4n) is 3.66. The van der Waals surface area contributed by atoms with E-state index >= 15 is 0 Å². The first-order valence-corrected chi connectivity index (χ1v) is 8.65. The van der Waals surface area contributed by atoms with Crippen LogP contribution in [0.15, 0.2) is 71.9 Å². The topological polar surface area (TPSA) is 4.10 Å². The Labute approximate surface area is 133 Å². The van der Waals surface area contributed by atoms with E-state index in [4.69, 9.17) is 0 Å². The van der Waals surface area contributed by atoms with Crippen LogP contribution in [0.25, 0.3) is 38.5 Å². The van der Waals surface area contributed by atoms with Crippen molar-refractivity contribution < 1.29 is 4.40 Å². The lowest BCUT2D eigenvalue weighted by Crippen LogP contribution is -2.24. The van der Waals surface area contributed by atoms with Gasteiger partial charge in [-0.15, -0.1) is 0 Å². The number of aromatic nitrogens is 1. The largest absolute Gasteiger partial charge is 0.254 e. The number of hydrogen-bond donors (Lipinski definition) is 0. The summed E-state index contributed by atoms with van der Waals surface area (Å²) in [7, 11) is 0. The van der Waals surface area contributed by atoms with E-state index in [1.54, 1.807) is 0 Å². The molecule has 0 bridgehead atoms. The first-order chi connectivity index (χ1) is 10.9.